The summed E-state index contributed by atoms with van der Waals surface area (Å²) in [6, 6.07) is 12.9. The molecule has 3 aliphatic heterocycles. The van der Waals surface area contributed by atoms with E-state index in [-0.39, 0.29) is 5.75 Å². The summed E-state index contributed by atoms with van der Waals surface area (Å²) in [5, 5.41) is 4.75. The second kappa shape index (κ2) is 7.97. The van der Waals surface area contributed by atoms with Crippen molar-refractivity contribution in [2.45, 2.75) is 38.1 Å². The summed E-state index contributed by atoms with van der Waals surface area (Å²) in [6.07, 6.45) is 2.87. The molecule has 4 heterocycles. The molecule has 7 heteroatoms. The molecule has 0 saturated carbocycles. The Balaban J connectivity index is 1.46. The average Bonchev–Trinajstić information content (AvgIpc) is 3.09. The number of rotatable bonds is 7. The van der Waals surface area contributed by atoms with Crippen LogP contribution < -0.4 is 4.72 Å². The van der Waals surface area contributed by atoms with Crippen molar-refractivity contribution in [1.82, 2.24) is 19.4 Å². The molecule has 6 nitrogen and oxygen atoms in total. The van der Waals surface area contributed by atoms with Gasteiger partial charge in [0.1, 0.15) is 0 Å². The van der Waals surface area contributed by atoms with E-state index in [0.29, 0.717) is 30.8 Å². The molecule has 152 valence electrons. The van der Waals surface area contributed by atoms with Gasteiger partial charge < -0.3 is 0 Å². The fraction of sp³-hybridized carbons (Fsp3) is 0.571. The number of aromatic nitrogens is 2. The van der Waals surface area contributed by atoms with Crippen LogP contribution in [0.2, 0.25) is 0 Å². The second-order valence-electron chi connectivity index (χ2n) is 8.15. The van der Waals surface area contributed by atoms with Crippen LogP contribution >= 0.6 is 0 Å². The molecule has 0 amide bonds. The van der Waals surface area contributed by atoms with E-state index in [9.17, 15) is 8.42 Å². The van der Waals surface area contributed by atoms with E-state index in [4.69, 9.17) is 5.10 Å². The van der Waals surface area contributed by atoms with Crippen LogP contribution in [-0.2, 0) is 17.1 Å². The average molecular weight is 403 g/mol. The third-order valence-electron chi connectivity index (χ3n) is 6.26. The van der Waals surface area contributed by atoms with Crippen molar-refractivity contribution < 1.29 is 8.42 Å². The highest BCUT2D eigenvalue weighted by Crippen LogP contribution is 2.42. The highest BCUT2D eigenvalue weighted by molar-refractivity contribution is 7.89. The Labute approximate surface area is 168 Å². The third kappa shape index (κ3) is 4.02. The lowest BCUT2D eigenvalue weighted by Crippen LogP contribution is -2.56. The first-order valence-corrected chi connectivity index (χ1v) is 11.9. The van der Waals surface area contributed by atoms with Crippen LogP contribution in [-0.4, -0.2) is 54.5 Å². The van der Waals surface area contributed by atoms with Gasteiger partial charge in [0, 0.05) is 43.4 Å². The quantitative estimate of drug-likeness (QED) is 0.773. The Hall–Kier alpha value is -1.70. The second-order valence-corrected chi connectivity index (χ2v) is 10.1. The van der Waals surface area contributed by atoms with Crippen LogP contribution in [0.3, 0.4) is 0 Å². The van der Waals surface area contributed by atoms with Crippen LogP contribution in [0.5, 0.6) is 0 Å². The Morgan fingerprint density at radius 3 is 2.71 bits per heavy atom. The van der Waals surface area contributed by atoms with Crippen molar-refractivity contribution in [3.8, 4) is 11.3 Å². The molecule has 3 saturated heterocycles. The van der Waals surface area contributed by atoms with Gasteiger partial charge in [-0.05, 0) is 37.8 Å². The fourth-order valence-corrected chi connectivity index (χ4v) is 5.96. The van der Waals surface area contributed by atoms with E-state index < -0.39 is 10.0 Å². The predicted molar refractivity (Wildman–Crippen MR) is 112 cm³/mol. The zero-order chi connectivity index (χ0) is 19.7. The monoisotopic (exact) mass is 402 g/mol. The molecule has 1 aromatic heterocycles. The molecule has 2 aromatic rings. The van der Waals surface area contributed by atoms with Crippen LogP contribution in [0.1, 0.15) is 37.8 Å². The van der Waals surface area contributed by atoms with Gasteiger partial charge >= 0.3 is 0 Å². The Morgan fingerprint density at radius 2 is 2.04 bits per heavy atom. The van der Waals surface area contributed by atoms with E-state index in [1.807, 2.05) is 36.9 Å². The number of aryl methyl sites for hydroxylation is 1. The van der Waals surface area contributed by atoms with Crippen LogP contribution in [0.15, 0.2) is 36.4 Å². The summed E-state index contributed by atoms with van der Waals surface area (Å²) in [7, 11) is -1.10. The van der Waals surface area contributed by atoms with E-state index in [1.54, 1.807) is 0 Å². The summed E-state index contributed by atoms with van der Waals surface area (Å²) in [6.45, 7) is 4.48. The molecule has 3 aliphatic rings. The van der Waals surface area contributed by atoms with Crippen molar-refractivity contribution in [3.63, 3.8) is 0 Å². The molecule has 4 atom stereocenters. The maximum absolute atomic E-state index is 12.0. The maximum Gasteiger partial charge on any atom is 0.211 e. The summed E-state index contributed by atoms with van der Waals surface area (Å²) >= 11 is 0. The topological polar surface area (TPSA) is 67.2 Å². The Bertz CT molecular complexity index is 910. The molecule has 3 fully saturated rings. The van der Waals surface area contributed by atoms with Crippen LogP contribution in [0.4, 0.5) is 0 Å². The number of hydrogen-bond acceptors (Lipinski definition) is 4. The first kappa shape index (κ1) is 19.6. The van der Waals surface area contributed by atoms with Crippen molar-refractivity contribution in [2.24, 2.45) is 13.0 Å². The molecule has 1 aromatic carbocycles. The number of nitrogens with zero attached hydrogens (tertiary/aromatic N) is 3. The lowest BCUT2D eigenvalue weighted by Gasteiger charge is -2.49. The van der Waals surface area contributed by atoms with Crippen molar-refractivity contribution in [1.29, 1.82) is 0 Å². The normalized spacial score (nSPS) is 27.2. The first-order valence-electron chi connectivity index (χ1n) is 10.3. The summed E-state index contributed by atoms with van der Waals surface area (Å²) in [5.41, 5.74) is 3.46. The molecular weight excluding hydrogens is 372 g/mol. The van der Waals surface area contributed by atoms with Crippen LogP contribution in [0.25, 0.3) is 11.3 Å². The van der Waals surface area contributed by atoms with E-state index in [0.717, 1.165) is 30.8 Å². The van der Waals surface area contributed by atoms with Gasteiger partial charge in [-0.3, -0.25) is 9.58 Å². The van der Waals surface area contributed by atoms with Crippen molar-refractivity contribution >= 4 is 10.0 Å². The van der Waals surface area contributed by atoms with Gasteiger partial charge in [-0.15, -0.1) is 0 Å². The predicted octanol–water partition coefficient (Wildman–Crippen LogP) is 2.59. The number of benzene rings is 1. The molecule has 2 bridgehead atoms. The van der Waals surface area contributed by atoms with Gasteiger partial charge in [-0.2, -0.15) is 5.10 Å². The maximum atomic E-state index is 12.0. The van der Waals surface area contributed by atoms with E-state index in [2.05, 4.69) is 27.8 Å². The molecule has 5 rings (SSSR count). The van der Waals surface area contributed by atoms with Gasteiger partial charge in [-0.1, -0.05) is 37.3 Å². The van der Waals surface area contributed by atoms with E-state index in [1.165, 1.54) is 12.1 Å². The minimum absolute atomic E-state index is 0.211. The third-order valence-corrected chi connectivity index (χ3v) is 7.81. The largest absolute Gasteiger partial charge is 0.298 e. The van der Waals surface area contributed by atoms with Crippen molar-refractivity contribution in [3.05, 3.63) is 42.1 Å². The molecule has 1 N–H and O–H groups in total. The van der Waals surface area contributed by atoms with Gasteiger partial charge in [0.15, 0.2) is 0 Å². The molecule has 0 aliphatic carbocycles. The molecule has 0 radical (unpaired) electrons. The minimum Gasteiger partial charge on any atom is -0.298 e. The zero-order valence-corrected chi connectivity index (χ0v) is 17.5. The number of nitrogens with one attached hydrogen (secondary N) is 1. The number of hydrogen-bond donors (Lipinski definition) is 1. The van der Waals surface area contributed by atoms with Gasteiger partial charge in [0.25, 0.3) is 0 Å². The summed E-state index contributed by atoms with van der Waals surface area (Å²) < 4.78 is 28.9. The lowest BCUT2D eigenvalue weighted by atomic mass is 9.74. The minimum atomic E-state index is -3.14. The first-order chi connectivity index (χ1) is 13.5. The highest BCUT2D eigenvalue weighted by atomic mass is 32.2. The Morgan fingerprint density at radius 1 is 1.25 bits per heavy atom. The molecule has 1 unspecified atom stereocenters. The fourth-order valence-electron chi connectivity index (χ4n) is 4.83. The highest BCUT2D eigenvalue weighted by Gasteiger charge is 2.42. The van der Waals surface area contributed by atoms with Gasteiger partial charge in [0.2, 0.25) is 10.0 Å². The molecule has 0 spiro atoms. The smallest absolute Gasteiger partial charge is 0.211 e. The molecular formula is C21H30N4O2S. The van der Waals surface area contributed by atoms with Crippen LogP contribution in [0, 0.1) is 5.92 Å². The number of fused-ring (bicyclic) bond motifs is 3. The molecule has 28 heavy (non-hydrogen) atoms. The summed E-state index contributed by atoms with van der Waals surface area (Å²) in [5.74, 6) is 1.26. The van der Waals surface area contributed by atoms with Gasteiger partial charge in [-0.25, -0.2) is 13.1 Å². The number of piperidine rings is 3. The zero-order valence-electron chi connectivity index (χ0n) is 16.7. The van der Waals surface area contributed by atoms with Gasteiger partial charge in [0.05, 0.1) is 11.4 Å². The van der Waals surface area contributed by atoms with E-state index >= 15 is 0 Å². The van der Waals surface area contributed by atoms with Crippen molar-refractivity contribution in [2.75, 3.05) is 25.4 Å². The SMILES string of the molecule is CCCS(=O)(=O)NC[C@H]1C[C@H]2CCN1C[C@@H]2c1cc(-c2ccccc2)nn1C. The Kier molecular flexibility index (Phi) is 5.58. The standard InChI is InChI=1S/C21H30N4O2S/c1-3-11-28(26,27)22-14-18-12-17-9-10-25(18)15-19(17)21-13-20(23-24(21)2)16-7-5-4-6-8-16/h4-8,13,17-19,22H,3,9-12,14-15H2,1-2H3/t17-,18-,19+/m1/s1. The number of sulfonamides is 1. The lowest BCUT2D eigenvalue weighted by molar-refractivity contribution is 0.0306. The summed E-state index contributed by atoms with van der Waals surface area (Å²) in [4.78, 5) is 2.47.